The molecule has 0 aromatic heterocycles. The number of hydrogen-bond acceptors (Lipinski definition) is 4. The molecule has 0 bridgehead atoms. The number of anilines is 1. The molecule has 24 heavy (non-hydrogen) atoms. The van der Waals surface area contributed by atoms with E-state index in [1.807, 2.05) is 0 Å². The van der Waals surface area contributed by atoms with Crippen molar-refractivity contribution in [2.75, 3.05) is 11.9 Å². The van der Waals surface area contributed by atoms with Crippen molar-refractivity contribution in [2.45, 2.75) is 31.3 Å². The van der Waals surface area contributed by atoms with Crippen LogP contribution in [0.5, 0.6) is 0 Å². The highest BCUT2D eigenvalue weighted by atomic mass is 16.4. The van der Waals surface area contributed by atoms with Gasteiger partial charge in [0.1, 0.15) is 6.04 Å². The average molecular weight is 331 g/mol. The van der Waals surface area contributed by atoms with Gasteiger partial charge in [0.25, 0.3) is 5.91 Å². The van der Waals surface area contributed by atoms with Crippen LogP contribution in [0.3, 0.4) is 0 Å². The molecule has 1 aromatic rings. The predicted octanol–water partition coefficient (Wildman–Crippen LogP) is 0.203. The maximum atomic E-state index is 12.7. The fourth-order valence-corrected chi connectivity index (χ4v) is 3.13. The highest BCUT2D eigenvalue weighted by Crippen LogP contribution is 2.28. The topological polar surface area (TPSA) is 116 Å². The Balaban J connectivity index is 1.77. The molecule has 3 amide bonds. The molecule has 8 nitrogen and oxygen atoms in total. The molecule has 2 aliphatic heterocycles. The van der Waals surface area contributed by atoms with Gasteiger partial charge in [0, 0.05) is 13.0 Å². The zero-order valence-electron chi connectivity index (χ0n) is 12.8. The highest BCUT2D eigenvalue weighted by Gasteiger charge is 2.45. The van der Waals surface area contributed by atoms with Crippen molar-refractivity contribution < 1.29 is 24.3 Å². The first-order valence-electron chi connectivity index (χ1n) is 7.69. The molecule has 0 aliphatic carbocycles. The van der Waals surface area contributed by atoms with E-state index in [4.69, 9.17) is 5.11 Å². The van der Waals surface area contributed by atoms with Crippen LogP contribution >= 0.6 is 0 Å². The van der Waals surface area contributed by atoms with Gasteiger partial charge in [-0.1, -0.05) is 12.1 Å². The predicted molar refractivity (Wildman–Crippen MR) is 83.3 cm³/mol. The molecule has 126 valence electrons. The number of carbonyl (C=O) groups is 4. The smallest absolute Gasteiger partial charge is 0.303 e. The monoisotopic (exact) mass is 331 g/mol. The molecule has 0 radical (unpaired) electrons. The van der Waals surface area contributed by atoms with Crippen LogP contribution in [-0.2, 0) is 14.4 Å². The lowest BCUT2D eigenvalue weighted by atomic mass is 10.1. The number of rotatable bonds is 4. The Morgan fingerprint density at radius 2 is 2.00 bits per heavy atom. The summed E-state index contributed by atoms with van der Waals surface area (Å²) < 4.78 is 0. The van der Waals surface area contributed by atoms with Gasteiger partial charge in [0.15, 0.2) is 0 Å². The van der Waals surface area contributed by atoms with E-state index in [1.54, 1.807) is 24.3 Å². The van der Waals surface area contributed by atoms with E-state index in [-0.39, 0.29) is 24.7 Å². The van der Waals surface area contributed by atoms with Gasteiger partial charge in [-0.15, -0.1) is 0 Å². The molecule has 3 rings (SSSR count). The largest absolute Gasteiger partial charge is 0.481 e. The molecule has 2 heterocycles. The fourth-order valence-electron chi connectivity index (χ4n) is 3.13. The number of aliphatic carboxylic acids is 1. The summed E-state index contributed by atoms with van der Waals surface area (Å²) in [6.07, 6.45) is 0.0165. The van der Waals surface area contributed by atoms with Gasteiger partial charge in [-0.3, -0.25) is 19.2 Å². The fraction of sp³-hybridized carbons (Fsp3) is 0.375. The summed E-state index contributed by atoms with van der Waals surface area (Å²) in [7, 11) is 0. The zero-order chi connectivity index (χ0) is 17.3. The van der Waals surface area contributed by atoms with Crippen molar-refractivity contribution in [3.05, 3.63) is 29.8 Å². The Hall–Kier alpha value is -2.90. The van der Waals surface area contributed by atoms with Crippen LogP contribution in [0.15, 0.2) is 24.3 Å². The van der Waals surface area contributed by atoms with Crippen molar-refractivity contribution >= 4 is 29.4 Å². The molecule has 0 spiro atoms. The minimum absolute atomic E-state index is 0.158. The number of nitrogens with one attached hydrogen (secondary N) is 2. The molecule has 0 unspecified atom stereocenters. The Labute approximate surface area is 137 Å². The van der Waals surface area contributed by atoms with E-state index in [9.17, 15) is 19.2 Å². The van der Waals surface area contributed by atoms with E-state index in [0.29, 0.717) is 24.2 Å². The highest BCUT2D eigenvalue weighted by molar-refractivity contribution is 6.10. The number of para-hydroxylation sites is 1. The maximum absolute atomic E-state index is 12.7. The van der Waals surface area contributed by atoms with Gasteiger partial charge in [-0.25, -0.2) is 0 Å². The van der Waals surface area contributed by atoms with E-state index in [0.717, 1.165) is 0 Å². The molecule has 3 N–H and O–H groups in total. The van der Waals surface area contributed by atoms with Crippen molar-refractivity contribution in [1.82, 2.24) is 10.2 Å². The lowest BCUT2D eigenvalue weighted by Gasteiger charge is -2.24. The Morgan fingerprint density at radius 3 is 2.75 bits per heavy atom. The van der Waals surface area contributed by atoms with Crippen LogP contribution in [0.1, 0.15) is 29.6 Å². The van der Waals surface area contributed by atoms with Crippen LogP contribution in [0, 0.1) is 0 Å². The van der Waals surface area contributed by atoms with Gasteiger partial charge in [-0.2, -0.15) is 0 Å². The molecule has 1 saturated heterocycles. The van der Waals surface area contributed by atoms with E-state index in [2.05, 4.69) is 10.6 Å². The maximum Gasteiger partial charge on any atom is 0.303 e. The minimum atomic E-state index is -1.06. The molecule has 2 aliphatic rings. The Kier molecular flexibility index (Phi) is 4.20. The standard InChI is InChI=1S/C16H17N3O5/c20-12(5-6-13(21)22)17-11-7-8-19-14(11)15(23)18-10-4-2-1-3-9(10)16(19)24/h1-4,11,14H,5-8H2,(H,17,20)(H,18,23)(H,21,22)/t11-,14-/m0/s1. The first-order chi connectivity index (χ1) is 11.5. The molecular weight excluding hydrogens is 314 g/mol. The van der Waals surface area contributed by atoms with Gasteiger partial charge in [0.2, 0.25) is 11.8 Å². The van der Waals surface area contributed by atoms with Crippen molar-refractivity contribution in [1.29, 1.82) is 0 Å². The molecule has 2 atom stereocenters. The normalized spacial score (nSPS) is 22.2. The molecule has 8 heteroatoms. The van der Waals surface area contributed by atoms with E-state index >= 15 is 0 Å². The summed E-state index contributed by atoms with van der Waals surface area (Å²) in [5, 5.41) is 14.0. The Bertz CT molecular complexity index is 717. The van der Waals surface area contributed by atoms with E-state index < -0.39 is 24.0 Å². The van der Waals surface area contributed by atoms with Gasteiger partial charge in [0.05, 0.1) is 23.7 Å². The van der Waals surface area contributed by atoms with Crippen LogP contribution in [-0.4, -0.2) is 52.3 Å². The number of carboxylic acid groups (broad SMARTS) is 1. The third kappa shape index (κ3) is 2.94. The number of benzene rings is 1. The number of carboxylic acids is 1. The molecule has 0 saturated carbocycles. The molecular formula is C16H17N3O5. The SMILES string of the molecule is O=C(O)CCC(=O)N[C@H]1CCN2C(=O)c3ccccc3NC(=O)[C@H]12. The second kappa shape index (κ2) is 6.31. The summed E-state index contributed by atoms with van der Waals surface area (Å²) in [6, 6.07) is 5.45. The number of hydrogen-bond donors (Lipinski definition) is 3. The third-order valence-electron chi connectivity index (χ3n) is 4.26. The summed E-state index contributed by atoms with van der Waals surface area (Å²) in [4.78, 5) is 49.0. The summed E-state index contributed by atoms with van der Waals surface area (Å²) >= 11 is 0. The summed E-state index contributed by atoms with van der Waals surface area (Å²) in [6.45, 7) is 0.356. The second-order valence-electron chi connectivity index (χ2n) is 5.83. The van der Waals surface area contributed by atoms with Crippen LogP contribution < -0.4 is 10.6 Å². The first-order valence-corrected chi connectivity index (χ1v) is 7.69. The lowest BCUT2D eigenvalue weighted by molar-refractivity contribution is -0.139. The quantitative estimate of drug-likeness (QED) is 0.729. The van der Waals surface area contributed by atoms with Crippen molar-refractivity contribution in [3.8, 4) is 0 Å². The zero-order valence-corrected chi connectivity index (χ0v) is 12.8. The average Bonchev–Trinajstić information content (AvgIpc) is 2.92. The first kappa shape index (κ1) is 16.0. The summed E-state index contributed by atoms with van der Waals surface area (Å²) in [5.41, 5.74) is 0.879. The summed E-state index contributed by atoms with van der Waals surface area (Å²) in [5.74, 6) is -2.10. The molecule has 1 aromatic carbocycles. The van der Waals surface area contributed by atoms with E-state index in [1.165, 1.54) is 4.90 Å². The van der Waals surface area contributed by atoms with Gasteiger partial charge < -0.3 is 20.6 Å². The van der Waals surface area contributed by atoms with Crippen LogP contribution in [0.4, 0.5) is 5.69 Å². The van der Waals surface area contributed by atoms with Crippen LogP contribution in [0.2, 0.25) is 0 Å². The molecule has 1 fully saturated rings. The number of carbonyl (C=O) groups excluding carboxylic acids is 3. The number of fused-ring (bicyclic) bond motifs is 2. The van der Waals surface area contributed by atoms with Gasteiger partial charge >= 0.3 is 5.97 Å². The minimum Gasteiger partial charge on any atom is -0.481 e. The van der Waals surface area contributed by atoms with Crippen molar-refractivity contribution in [3.63, 3.8) is 0 Å². The third-order valence-corrected chi connectivity index (χ3v) is 4.26. The lowest BCUT2D eigenvalue weighted by Crippen LogP contribution is -2.51. The van der Waals surface area contributed by atoms with Crippen LogP contribution in [0.25, 0.3) is 0 Å². The Morgan fingerprint density at radius 1 is 1.25 bits per heavy atom. The van der Waals surface area contributed by atoms with Crippen molar-refractivity contribution in [2.24, 2.45) is 0 Å². The number of amides is 3. The van der Waals surface area contributed by atoms with Gasteiger partial charge in [-0.05, 0) is 18.6 Å². The number of nitrogens with zero attached hydrogens (tertiary/aromatic N) is 1. The second-order valence-corrected chi connectivity index (χ2v) is 5.83.